The van der Waals surface area contributed by atoms with E-state index in [1.165, 1.54) is 0 Å². The molecule has 27 heavy (non-hydrogen) atoms. The molecule has 7 nitrogen and oxygen atoms in total. The molecule has 0 aliphatic carbocycles. The largest absolute Gasteiger partial charge is 0.394 e. The second-order valence-corrected chi connectivity index (χ2v) is 7.11. The number of nitrogens with one attached hydrogen (secondary N) is 1. The standard InChI is InChI=1S/C20H25N5O2/c26-13-12-25-11-9-16(23-25)15-4-3-10-24(14-15)20(27)8-7-19-21-17-5-1-2-6-18(17)22-19/h1-2,5-6,9,11,15,26H,3-4,7-8,10,12-14H2,(H,21,22)/t15-/m1/s1. The van der Waals surface area contributed by atoms with Crippen LogP contribution in [0.2, 0.25) is 0 Å². The van der Waals surface area contributed by atoms with E-state index in [9.17, 15) is 4.79 Å². The highest BCUT2D eigenvalue weighted by atomic mass is 16.3. The Morgan fingerprint density at radius 2 is 2.19 bits per heavy atom. The Labute approximate surface area is 158 Å². The predicted molar refractivity (Wildman–Crippen MR) is 102 cm³/mol. The molecule has 1 fully saturated rings. The van der Waals surface area contributed by atoms with Crippen LogP contribution in [0.15, 0.2) is 36.5 Å². The van der Waals surface area contributed by atoms with Crippen LogP contribution in [0.4, 0.5) is 0 Å². The molecule has 142 valence electrons. The lowest BCUT2D eigenvalue weighted by Gasteiger charge is -2.32. The molecule has 0 unspecified atom stereocenters. The molecule has 4 rings (SSSR count). The van der Waals surface area contributed by atoms with Crippen LogP contribution in [0.1, 0.15) is 36.7 Å². The van der Waals surface area contributed by atoms with Crippen molar-refractivity contribution in [1.82, 2.24) is 24.6 Å². The van der Waals surface area contributed by atoms with Gasteiger partial charge in [-0.2, -0.15) is 5.10 Å². The van der Waals surface area contributed by atoms with E-state index in [0.717, 1.165) is 48.5 Å². The SMILES string of the molecule is O=C(CCc1nc2ccccc2[nH]1)N1CCC[C@@H](c2ccn(CCO)n2)C1. The Balaban J connectivity index is 1.35. The zero-order chi connectivity index (χ0) is 18.6. The molecule has 0 radical (unpaired) electrons. The summed E-state index contributed by atoms with van der Waals surface area (Å²) in [7, 11) is 0. The molecule has 1 atom stereocenters. The van der Waals surface area contributed by atoms with Gasteiger partial charge in [0.15, 0.2) is 0 Å². The quantitative estimate of drug-likeness (QED) is 0.698. The van der Waals surface area contributed by atoms with Crippen LogP contribution in [0.3, 0.4) is 0 Å². The van der Waals surface area contributed by atoms with Crippen LogP contribution in [-0.2, 0) is 17.8 Å². The van der Waals surface area contributed by atoms with Gasteiger partial charge in [0, 0.05) is 38.0 Å². The third-order valence-corrected chi connectivity index (χ3v) is 5.20. The summed E-state index contributed by atoms with van der Waals surface area (Å²) in [6.45, 7) is 2.12. The molecule has 0 saturated carbocycles. The summed E-state index contributed by atoms with van der Waals surface area (Å²) in [4.78, 5) is 22.5. The van der Waals surface area contributed by atoms with Crippen molar-refractivity contribution in [3.63, 3.8) is 0 Å². The molecule has 0 spiro atoms. The smallest absolute Gasteiger partial charge is 0.223 e. The Morgan fingerprint density at radius 3 is 3.04 bits per heavy atom. The van der Waals surface area contributed by atoms with Gasteiger partial charge in [-0.15, -0.1) is 0 Å². The molecule has 7 heteroatoms. The number of piperidine rings is 1. The molecule has 0 bridgehead atoms. The van der Waals surface area contributed by atoms with Crippen molar-refractivity contribution in [2.75, 3.05) is 19.7 Å². The fraction of sp³-hybridized carbons (Fsp3) is 0.450. The minimum absolute atomic E-state index is 0.0815. The van der Waals surface area contributed by atoms with Gasteiger partial charge in [-0.05, 0) is 31.0 Å². The first-order valence-electron chi connectivity index (χ1n) is 9.58. The molecule has 1 saturated heterocycles. The second-order valence-electron chi connectivity index (χ2n) is 7.11. The number of aromatic nitrogens is 4. The summed E-state index contributed by atoms with van der Waals surface area (Å²) in [5, 5.41) is 13.6. The molecule has 1 aliphatic rings. The van der Waals surface area contributed by atoms with E-state index in [4.69, 9.17) is 5.11 Å². The number of hydrogen-bond donors (Lipinski definition) is 2. The average molecular weight is 367 g/mol. The maximum absolute atomic E-state index is 12.7. The summed E-state index contributed by atoms with van der Waals surface area (Å²) in [5.41, 5.74) is 2.96. The minimum Gasteiger partial charge on any atom is -0.394 e. The molecule has 1 amide bonds. The minimum atomic E-state index is 0.0815. The lowest BCUT2D eigenvalue weighted by atomic mass is 9.94. The van der Waals surface area contributed by atoms with Gasteiger partial charge in [-0.25, -0.2) is 4.98 Å². The van der Waals surface area contributed by atoms with Crippen LogP contribution in [-0.4, -0.2) is 55.4 Å². The van der Waals surface area contributed by atoms with Gasteiger partial charge in [0.25, 0.3) is 0 Å². The third-order valence-electron chi connectivity index (χ3n) is 5.20. The highest BCUT2D eigenvalue weighted by molar-refractivity contribution is 5.77. The maximum atomic E-state index is 12.7. The number of aliphatic hydroxyl groups is 1. The zero-order valence-electron chi connectivity index (χ0n) is 15.3. The number of H-pyrrole nitrogens is 1. The number of para-hydroxylation sites is 2. The van der Waals surface area contributed by atoms with Crippen LogP contribution in [0.25, 0.3) is 11.0 Å². The van der Waals surface area contributed by atoms with Crippen molar-refractivity contribution in [3.05, 3.63) is 48.0 Å². The van der Waals surface area contributed by atoms with E-state index >= 15 is 0 Å². The Bertz CT molecular complexity index is 883. The van der Waals surface area contributed by atoms with Crippen molar-refractivity contribution in [1.29, 1.82) is 0 Å². The van der Waals surface area contributed by atoms with E-state index < -0.39 is 0 Å². The molecule has 1 aliphatic heterocycles. The topological polar surface area (TPSA) is 87.0 Å². The number of fused-ring (bicyclic) bond motifs is 1. The lowest BCUT2D eigenvalue weighted by Crippen LogP contribution is -2.39. The van der Waals surface area contributed by atoms with E-state index in [2.05, 4.69) is 15.1 Å². The highest BCUT2D eigenvalue weighted by Gasteiger charge is 2.26. The molecular formula is C20H25N5O2. The van der Waals surface area contributed by atoms with Crippen molar-refractivity contribution in [3.8, 4) is 0 Å². The Hall–Kier alpha value is -2.67. The number of rotatable bonds is 6. The van der Waals surface area contributed by atoms with Crippen LogP contribution in [0.5, 0.6) is 0 Å². The fourth-order valence-corrected chi connectivity index (χ4v) is 3.77. The fourth-order valence-electron chi connectivity index (χ4n) is 3.77. The van der Waals surface area contributed by atoms with Crippen LogP contribution in [0, 0.1) is 0 Å². The summed E-state index contributed by atoms with van der Waals surface area (Å²) >= 11 is 0. The average Bonchev–Trinajstić information content (AvgIpc) is 3.33. The summed E-state index contributed by atoms with van der Waals surface area (Å²) in [6, 6.07) is 9.92. The lowest BCUT2D eigenvalue weighted by molar-refractivity contribution is -0.132. The normalized spacial score (nSPS) is 17.5. The number of nitrogens with zero attached hydrogens (tertiary/aromatic N) is 4. The van der Waals surface area contributed by atoms with Gasteiger partial charge < -0.3 is 15.0 Å². The first kappa shape index (κ1) is 17.7. The van der Waals surface area contributed by atoms with Crippen molar-refractivity contribution < 1.29 is 9.90 Å². The van der Waals surface area contributed by atoms with Gasteiger partial charge in [-0.3, -0.25) is 9.48 Å². The van der Waals surface area contributed by atoms with Crippen molar-refractivity contribution in [2.45, 2.75) is 38.1 Å². The molecule has 2 aromatic heterocycles. The number of carbonyl (C=O) groups is 1. The van der Waals surface area contributed by atoms with E-state index in [1.807, 2.05) is 41.4 Å². The predicted octanol–water partition coefficient (Wildman–Crippen LogP) is 2.09. The monoisotopic (exact) mass is 367 g/mol. The second kappa shape index (κ2) is 7.92. The third kappa shape index (κ3) is 4.03. The van der Waals surface area contributed by atoms with E-state index in [-0.39, 0.29) is 18.4 Å². The van der Waals surface area contributed by atoms with Crippen LogP contribution >= 0.6 is 0 Å². The summed E-state index contributed by atoms with van der Waals surface area (Å²) in [6.07, 6.45) is 5.02. The number of carbonyl (C=O) groups excluding carboxylic acids is 1. The van der Waals surface area contributed by atoms with Crippen LogP contribution < -0.4 is 0 Å². The summed E-state index contributed by atoms with van der Waals surface area (Å²) in [5.74, 6) is 1.31. The van der Waals surface area contributed by atoms with Gasteiger partial charge in [0.1, 0.15) is 5.82 Å². The number of hydrogen-bond acceptors (Lipinski definition) is 4. The number of likely N-dealkylation sites (tertiary alicyclic amines) is 1. The van der Waals surface area contributed by atoms with Gasteiger partial charge in [-0.1, -0.05) is 12.1 Å². The van der Waals surface area contributed by atoms with E-state index in [0.29, 0.717) is 19.4 Å². The molecule has 1 aromatic carbocycles. The number of imidazole rings is 1. The molecular weight excluding hydrogens is 342 g/mol. The Morgan fingerprint density at radius 1 is 1.30 bits per heavy atom. The number of aryl methyl sites for hydroxylation is 1. The first-order chi connectivity index (χ1) is 13.2. The zero-order valence-corrected chi connectivity index (χ0v) is 15.3. The Kier molecular flexibility index (Phi) is 5.20. The number of amides is 1. The van der Waals surface area contributed by atoms with Gasteiger partial charge in [0.05, 0.1) is 29.9 Å². The summed E-state index contributed by atoms with van der Waals surface area (Å²) < 4.78 is 1.76. The van der Waals surface area contributed by atoms with Crippen molar-refractivity contribution in [2.24, 2.45) is 0 Å². The number of benzene rings is 1. The first-order valence-corrected chi connectivity index (χ1v) is 9.58. The van der Waals surface area contributed by atoms with Gasteiger partial charge in [0.2, 0.25) is 5.91 Å². The molecule has 2 N–H and O–H groups in total. The maximum Gasteiger partial charge on any atom is 0.223 e. The van der Waals surface area contributed by atoms with Gasteiger partial charge >= 0.3 is 0 Å². The number of aliphatic hydroxyl groups excluding tert-OH is 1. The highest BCUT2D eigenvalue weighted by Crippen LogP contribution is 2.26. The molecule has 3 heterocycles. The molecule has 3 aromatic rings. The number of aromatic amines is 1. The van der Waals surface area contributed by atoms with Crippen molar-refractivity contribution >= 4 is 16.9 Å². The van der Waals surface area contributed by atoms with E-state index in [1.54, 1.807) is 4.68 Å².